The van der Waals surface area contributed by atoms with E-state index in [1.165, 1.54) is 12.1 Å². The molecule has 0 radical (unpaired) electrons. The topological polar surface area (TPSA) is 92.4 Å². The van der Waals surface area contributed by atoms with Gasteiger partial charge < -0.3 is 14.8 Å². The number of hydrogen-bond donors (Lipinski definition) is 2. The molecule has 0 aromatic carbocycles. The number of pyridine rings is 1. The summed E-state index contributed by atoms with van der Waals surface area (Å²) < 4.78 is 4.89. The number of carboxylic acid groups (broad SMARTS) is 1. The van der Waals surface area contributed by atoms with E-state index in [2.05, 4.69) is 10.3 Å². The van der Waals surface area contributed by atoms with Gasteiger partial charge in [-0.1, -0.05) is 6.07 Å². The molecule has 2 aromatic heterocycles. The molecule has 2 aromatic rings. The molecule has 0 aliphatic carbocycles. The van der Waals surface area contributed by atoms with Crippen molar-refractivity contribution in [1.82, 2.24) is 10.3 Å². The summed E-state index contributed by atoms with van der Waals surface area (Å²) >= 11 is 0. The van der Waals surface area contributed by atoms with E-state index in [0.29, 0.717) is 0 Å². The summed E-state index contributed by atoms with van der Waals surface area (Å²) in [4.78, 5) is 26.6. The summed E-state index contributed by atoms with van der Waals surface area (Å²) in [6.07, 6.45) is 0. The Labute approximate surface area is 109 Å². The number of furan rings is 1. The summed E-state index contributed by atoms with van der Waals surface area (Å²) in [7, 11) is 0. The van der Waals surface area contributed by atoms with Crippen molar-refractivity contribution in [2.45, 2.75) is 13.5 Å². The zero-order valence-electron chi connectivity index (χ0n) is 10.2. The molecule has 0 aliphatic heterocycles. The summed E-state index contributed by atoms with van der Waals surface area (Å²) in [6, 6.07) is 8.05. The number of aromatic carboxylic acids is 1. The van der Waals surface area contributed by atoms with Gasteiger partial charge in [0.2, 0.25) is 5.76 Å². The number of hydrogen-bond acceptors (Lipinski definition) is 4. The SMILES string of the molecule is Cc1cccc(CNC(=O)c2ccc(C(=O)O)o2)n1. The largest absolute Gasteiger partial charge is 0.475 e. The fourth-order valence-corrected chi connectivity index (χ4v) is 1.53. The van der Waals surface area contributed by atoms with Gasteiger partial charge in [-0.15, -0.1) is 0 Å². The van der Waals surface area contributed by atoms with Gasteiger partial charge in [0.15, 0.2) is 5.76 Å². The van der Waals surface area contributed by atoms with E-state index in [4.69, 9.17) is 9.52 Å². The van der Waals surface area contributed by atoms with Gasteiger partial charge in [0.25, 0.3) is 5.91 Å². The molecule has 6 nitrogen and oxygen atoms in total. The molecule has 0 aliphatic rings. The van der Waals surface area contributed by atoms with Gasteiger partial charge in [-0.3, -0.25) is 9.78 Å². The van der Waals surface area contributed by atoms with E-state index < -0.39 is 11.9 Å². The first-order chi connectivity index (χ1) is 9.06. The molecule has 98 valence electrons. The van der Waals surface area contributed by atoms with Crippen LogP contribution in [0.5, 0.6) is 0 Å². The smallest absolute Gasteiger partial charge is 0.371 e. The van der Waals surface area contributed by atoms with Crippen LogP contribution in [-0.2, 0) is 6.54 Å². The molecule has 2 heterocycles. The monoisotopic (exact) mass is 260 g/mol. The molecule has 0 unspecified atom stereocenters. The molecule has 19 heavy (non-hydrogen) atoms. The van der Waals surface area contributed by atoms with Crippen LogP contribution in [0.25, 0.3) is 0 Å². The van der Waals surface area contributed by atoms with Crippen LogP contribution in [0.1, 0.15) is 32.5 Å². The molecular weight excluding hydrogens is 248 g/mol. The third kappa shape index (κ3) is 3.19. The van der Waals surface area contributed by atoms with Crippen LogP contribution in [0.2, 0.25) is 0 Å². The van der Waals surface area contributed by atoms with Gasteiger partial charge in [-0.2, -0.15) is 0 Å². The first-order valence-electron chi connectivity index (χ1n) is 5.60. The average molecular weight is 260 g/mol. The molecular formula is C13H12N2O4. The molecule has 2 rings (SSSR count). The molecule has 0 spiro atoms. The van der Waals surface area contributed by atoms with Gasteiger partial charge in [-0.25, -0.2) is 4.79 Å². The van der Waals surface area contributed by atoms with Crippen LogP contribution >= 0.6 is 0 Å². The summed E-state index contributed by atoms with van der Waals surface area (Å²) in [5.74, 6) is -1.99. The van der Waals surface area contributed by atoms with E-state index >= 15 is 0 Å². The lowest BCUT2D eigenvalue weighted by Gasteiger charge is -2.03. The minimum atomic E-state index is -1.21. The lowest BCUT2D eigenvalue weighted by atomic mass is 10.3. The van der Waals surface area contributed by atoms with Crippen molar-refractivity contribution in [2.24, 2.45) is 0 Å². The van der Waals surface area contributed by atoms with Crippen LogP contribution in [0.15, 0.2) is 34.7 Å². The van der Waals surface area contributed by atoms with Crippen molar-refractivity contribution in [3.63, 3.8) is 0 Å². The lowest BCUT2D eigenvalue weighted by Crippen LogP contribution is -2.22. The standard InChI is InChI=1S/C13H12N2O4/c1-8-3-2-4-9(15-8)7-14-12(16)10-5-6-11(19-10)13(17)18/h2-6H,7H2,1H3,(H,14,16)(H,17,18). The highest BCUT2D eigenvalue weighted by atomic mass is 16.4. The summed E-state index contributed by atoms with van der Waals surface area (Å²) in [5.41, 5.74) is 1.58. The van der Waals surface area contributed by atoms with Crippen LogP contribution in [-0.4, -0.2) is 22.0 Å². The third-order valence-corrected chi connectivity index (χ3v) is 2.42. The van der Waals surface area contributed by atoms with Gasteiger partial charge in [-0.05, 0) is 31.2 Å². The summed E-state index contributed by atoms with van der Waals surface area (Å²) in [6.45, 7) is 2.11. The second kappa shape index (κ2) is 5.34. The molecule has 2 N–H and O–H groups in total. The predicted molar refractivity (Wildman–Crippen MR) is 65.8 cm³/mol. The molecule has 0 saturated heterocycles. The van der Waals surface area contributed by atoms with Crippen molar-refractivity contribution >= 4 is 11.9 Å². The molecule has 0 fully saturated rings. The molecule has 0 bridgehead atoms. The van der Waals surface area contributed by atoms with Crippen molar-refractivity contribution < 1.29 is 19.1 Å². The Morgan fingerprint density at radius 1 is 1.26 bits per heavy atom. The normalized spacial score (nSPS) is 10.2. The molecule has 1 amide bonds. The van der Waals surface area contributed by atoms with Gasteiger partial charge in [0, 0.05) is 5.69 Å². The van der Waals surface area contributed by atoms with Crippen LogP contribution in [0, 0.1) is 6.92 Å². The third-order valence-electron chi connectivity index (χ3n) is 2.42. The van der Waals surface area contributed by atoms with Gasteiger partial charge in [0.1, 0.15) is 0 Å². The Kier molecular flexibility index (Phi) is 3.61. The number of nitrogens with one attached hydrogen (secondary N) is 1. The molecule has 6 heteroatoms. The predicted octanol–water partition coefficient (Wildman–Crippen LogP) is 1.61. The quantitative estimate of drug-likeness (QED) is 0.871. The second-order valence-electron chi connectivity index (χ2n) is 3.92. The number of nitrogens with zero attached hydrogens (tertiary/aromatic N) is 1. The van der Waals surface area contributed by atoms with E-state index in [1.807, 2.05) is 19.1 Å². The maximum absolute atomic E-state index is 11.7. The molecule has 0 atom stereocenters. The number of aromatic nitrogens is 1. The second-order valence-corrected chi connectivity index (χ2v) is 3.92. The highest BCUT2D eigenvalue weighted by Gasteiger charge is 2.14. The average Bonchev–Trinajstić information content (AvgIpc) is 2.86. The maximum atomic E-state index is 11.7. The van der Waals surface area contributed by atoms with Crippen LogP contribution < -0.4 is 5.32 Å². The summed E-state index contributed by atoms with van der Waals surface area (Å²) in [5, 5.41) is 11.3. The number of carbonyl (C=O) groups is 2. The van der Waals surface area contributed by atoms with Crippen molar-refractivity contribution in [1.29, 1.82) is 0 Å². The van der Waals surface area contributed by atoms with E-state index in [1.54, 1.807) is 6.07 Å². The maximum Gasteiger partial charge on any atom is 0.371 e. The Bertz CT molecular complexity index is 619. The Hall–Kier alpha value is -2.63. The van der Waals surface area contributed by atoms with Crippen molar-refractivity contribution in [2.75, 3.05) is 0 Å². The highest BCUT2D eigenvalue weighted by Crippen LogP contribution is 2.08. The number of aryl methyl sites for hydroxylation is 1. The fraction of sp³-hybridized carbons (Fsp3) is 0.154. The van der Waals surface area contributed by atoms with Crippen LogP contribution in [0.4, 0.5) is 0 Å². The highest BCUT2D eigenvalue weighted by molar-refractivity contribution is 5.93. The van der Waals surface area contributed by atoms with E-state index in [-0.39, 0.29) is 18.1 Å². The van der Waals surface area contributed by atoms with Gasteiger partial charge in [0.05, 0.1) is 12.2 Å². The number of rotatable bonds is 4. The first kappa shape index (κ1) is 12.8. The van der Waals surface area contributed by atoms with Crippen LogP contribution in [0.3, 0.4) is 0 Å². The minimum absolute atomic E-state index is 0.0370. The number of carbonyl (C=O) groups excluding carboxylic acids is 1. The minimum Gasteiger partial charge on any atom is -0.475 e. The van der Waals surface area contributed by atoms with Crippen molar-refractivity contribution in [3.8, 4) is 0 Å². The number of carboxylic acids is 1. The van der Waals surface area contributed by atoms with E-state index in [0.717, 1.165) is 11.4 Å². The van der Waals surface area contributed by atoms with E-state index in [9.17, 15) is 9.59 Å². The Balaban J connectivity index is 1.99. The van der Waals surface area contributed by atoms with Crippen molar-refractivity contribution in [3.05, 3.63) is 53.2 Å². The fourth-order valence-electron chi connectivity index (χ4n) is 1.53. The zero-order chi connectivity index (χ0) is 13.8. The zero-order valence-corrected chi connectivity index (χ0v) is 10.2. The Morgan fingerprint density at radius 2 is 2.00 bits per heavy atom. The van der Waals surface area contributed by atoms with Gasteiger partial charge >= 0.3 is 5.97 Å². The number of amides is 1. The Morgan fingerprint density at radius 3 is 2.63 bits per heavy atom. The molecule has 0 saturated carbocycles. The lowest BCUT2D eigenvalue weighted by molar-refractivity contribution is 0.0659. The first-order valence-corrected chi connectivity index (χ1v) is 5.60.